The second-order valence-corrected chi connectivity index (χ2v) is 4.21. The summed E-state index contributed by atoms with van der Waals surface area (Å²) in [5, 5.41) is 10.6. The number of fused-ring (bicyclic) bond motifs is 1. The van der Waals surface area contributed by atoms with Gasteiger partial charge in [-0.15, -0.1) is 0 Å². The first-order valence-electron chi connectivity index (χ1n) is 5.87. The highest BCUT2D eigenvalue weighted by Crippen LogP contribution is 2.09. The molecule has 8 heteroatoms. The zero-order valence-corrected chi connectivity index (χ0v) is 10.2. The van der Waals surface area contributed by atoms with Crippen LogP contribution in [0.15, 0.2) is 12.4 Å². The first-order chi connectivity index (χ1) is 9.06. The van der Waals surface area contributed by atoms with E-state index in [0.29, 0.717) is 19.6 Å². The van der Waals surface area contributed by atoms with Gasteiger partial charge in [-0.2, -0.15) is 0 Å². The molecule has 1 aromatic rings. The predicted molar refractivity (Wildman–Crippen MR) is 63.0 cm³/mol. The summed E-state index contributed by atoms with van der Waals surface area (Å²) in [6.07, 6.45) is 3.00. The standard InChI is InChI=1S/C11H14N4O4/c16-9(1-2-10(17)18)13-11(19)15-6-5-14-4-3-12-8(14)7-15/h3-4H,1-2,5-7H2,(H,17,18)(H,13,16,19). The monoisotopic (exact) mass is 266 g/mol. The summed E-state index contributed by atoms with van der Waals surface area (Å²) in [7, 11) is 0. The number of aliphatic carboxylic acids is 1. The molecule has 0 fully saturated rings. The van der Waals surface area contributed by atoms with Crippen molar-refractivity contribution >= 4 is 17.9 Å². The predicted octanol–water partition coefficient (Wildman–Crippen LogP) is -0.200. The molecule has 0 spiro atoms. The molecule has 0 unspecified atom stereocenters. The maximum atomic E-state index is 11.8. The Kier molecular flexibility index (Phi) is 3.79. The summed E-state index contributed by atoms with van der Waals surface area (Å²) in [6.45, 7) is 1.46. The summed E-state index contributed by atoms with van der Waals surface area (Å²) in [5.74, 6) is -0.886. The average Bonchev–Trinajstić information content (AvgIpc) is 2.83. The lowest BCUT2D eigenvalue weighted by atomic mass is 10.3. The van der Waals surface area contributed by atoms with Gasteiger partial charge in [-0.05, 0) is 0 Å². The van der Waals surface area contributed by atoms with Crippen LogP contribution in [0.3, 0.4) is 0 Å². The van der Waals surface area contributed by atoms with E-state index >= 15 is 0 Å². The van der Waals surface area contributed by atoms with Crippen LogP contribution in [0.4, 0.5) is 4.79 Å². The Balaban J connectivity index is 1.84. The highest BCUT2D eigenvalue weighted by Gasteiger charge is 2.22. The smallest absolute Gasteiger partial charge is 0.324 e. The zero-order chi connectivity index (χ0) is 13.8. The Morgan fingerprint density at radius 1 is 1.32 bits per heavy atom. The fourth-order valence-corrected chi connectivity index (χ4v) is 1.83. The molecular weight excluding hydrogens is 252 g/mol. The molecule has 0 bridgehead atoms. The number of carboxylic acid groups (broad SMARTS) is 1. The van der Waals surface area contributed by atoms with Gasteiger partial charge in [0, 0.05) is 31.9 Å². The maximum absolute atomic E-state index is 11.8. The van der Waals surface area contributed by atoms with E-state index in [1.807, 2.05) is 10.8 Å². The molecule has 0 aromatic carbocycles. The lowest BCUT2D eigenvalue weighted by molar-refractivity contribution is -0.138. The molecule has 19 heavy (non-hydrogen) atoms. The minimum Gasteiger partial charge on any atom is -0.481 e. The van der Waals surface area contributed by atoms with E-state index in [2.05, 4.69) is 10.3 Å². The molecule has 3 amide bonds. The van der Waals surface area contributed by atoms with Crippen LogP contribution in [0.2, 0.25) is 0 Å². The van der Waals surface area contributed by atoms with Crippen molar-refractivity contribution in [3.8, 4) is 0 Å². The number of nitrogens with one attached hydrogen (secondary N) is 1. The molecule has 2 rings (SSSR count). The summed E-state index contributed by atoms with van der Waals surface area (Å²) in [5.41, 5.74) is 0. The Labute approximate surface area is 109 Å². The number of carbonyl (C=O) groups is 3. The third kappa shape index (κ3) is 3.30. The minimum absolute atomic E-state index is 0.205. The highest BCUT2D eigenvalue weighted by molar-refractivity contribution is 5.95. The summed E-state index contributed by atoms with van der Waals surface area (Å²) in [4.78, 5) is 39.0. The van der Waals surface area contributed by atoms with Gasteiger partial charge in [-0.1, -0.05) is 0 Å². The number of urea groups is 1. The first-order valence-corrected chi connectivity index (χ1v) is 5.87. The molecule has 2 N–H and O–H groups in total. The van der Waals surface area contributed by atoms with Crippen molar-refractivity contribution in [1.82, 2.24) is 19.8 Å². The van der Waals surface area contributed by atoms with Gasteiger partial charge in [0.1, 0.15) is 5.82 Å². The van der Waals surface area contributed by atoms with E-state index in [1.165, 1.54) is 4.90 Å². The lowest BCUT2D eigenvalue weighted by Gasteiger charge is -2.27. The Hall–Kier alpha value is -2.38. The Morgan fingerprint density at radius 2 is 2.11 bits per heavy atom. The normalized spacial score (nSPS) is 13.8. The number of carboxylic acids is 1. The summed E-state index contributed by atoms with van der Waals surface area (Å²) < 4.78 is 1.94. The van der Waals surface area contributed by atoms with Crippen LogP contribution in [0.1, 0.15) is 18.7 Å². The van der Waals surface area contributed by atoms with Crippen molar-refractivity contribution in [2.24, 2.45) is 0 Å². The SMILES string of the molecule is O=C(O)CCC(=O)NC(=O)N1CCn2ccnc2C1. The van der Waals surface area contributed by atoms with Gasteiger partial charge in [-0.3, -0.25) is 14.9 Å². The van der Waals surface area contributed by atoms with Crippen LogP contribution in [-0.4, -0.2) is 44.0 Å². The van der Waals surface area contributed by atoms with Crippen LogP contribution in [-0.2, 0) is 22.7 Å². The van der Waals surface area contributed by atoms with Crippen molar-refractivity contribution in [2.75, 3.05) is 6.54 Å². The Bertz CT molecular complexity index is 511. The fraction of sp³-hybridized carbons (Fsp3) is 0.455. The van der Waals surface area contributed by atoms with Crippen molar-refractivity contribution in [3.05, 3.63) is 18.2 Å². The number of imide groups is 1. The maximum Gasteiger partial charge on any atom is 0.324 e. The second kappa shape index (κ2) is 5.51. The Morgan fingerprint density at radius 3 is 2.84 bits per heavy atom. The molecule has 8 nitrogen and oxygen atoms in total. The number of carbonyl (C=O) groups excluding carboxylic acids is 2. The molecular formula is C11H14N4O4. The molecule has 1 aliphatic heterocycles. The summed E-state index contributed by atoms with van der Waals surface area (Å²) >= 11 is 0. The molecule has 0 saturated carbocycles. The summed E-state index contributed by atoms with van der Waals surface area (Å²) in [6, 6.07) is -0.510. The van der Waals surface area contributed by atoms with Crippen LogP contribution in [0, 0.1) is 0 Å². The van der Waals surface area contributed by atoms with Gasteiger partial charge < -0.3 is 14.6 Å². The van der Waals surface area contributed by atoms with E-state index in [1.54, 1.807) is 6.20 Å². The van der Waals surface area contributed by atoms with Gasteiger partial charge in [0.2, 0.25) is 5.91 Å². The average molecular weight is 266 g/mol. The molecule has 1 aliphatic rings. The van der Waals surface area contributed by atoms with Crippen molar-refractivity contribution in [2.45, 2.75) is 25.9 Å². The topological polar surface area (TPSA) is 105 Å². The van der Waals surface area contributed by atoms with Gasteiger partial charge in [0.15, 0.2) is 0 Å². The zero-order valence-electron chi connectivity index (χ0n) is 10.2. The van der Waals surface area contributed by atoms with E-state index in [-0.39, 0.29) is 12.8 Å². The van der Waals surface area contributed by atoms with Crippen LogP contribution < -0.4 is 5.32 Å². The lowest BCUT2D eigenvalue weighted by Crippen LogP contribution is -2.46. The van der Waals surface area contributed by atoms with Gasteiger partial charge in [0.05, 0.1) is 13.0 Å². The van der Waals surface area contributed by atoms with E-state index < -0.39 is 17.9 Å². The van der Waals surface area contributed by atoms with E-state index in [4.69, 9.17) is 5.11 Å². The van der Waals surface area contributed by atoms with Crippen molar-refractivity contribution < 1.29 is 19.5 Å². The molecule has 0 atom stereocenters. The quantitative estimate of drug-likeness (QED) is 0.788. The number of aromatic nitrogens is 2. The second-order valence-electron chi connectivity index (χ2n) is 4.21. The van der Waals surface area contributed by atoms with E-state index in [9.17, 15) is 14.4 Å². The molecule has 0 saturated heterocycles. The largest absolute Gasteiger partial charge is 0.481 e. The number of nitrogens with zero attached hydrogens (tertiary/aromatic N) is 3. The van der Waals surface area contributed by atoms with Crippen LogP contribution >= 0.6 is 0 Å². The number of imidazole rings is 1. The highest BCUT2D eigenvalue weighted by atomic mass is 16.4. The van der Waals surface area contributed by atoms with Gasteiger partial charge in [-0.25, -0.2) is 9.78 Å². The third-order valence-corrected chi connectivity index (χ3v) is 2.84. The van der Waals surface area contributed by atoms with Gasteiger partial charge in [0.25, 0.3) is 0 Å². The van der Waals surface area contributed by atoms with Gasteiger partial charge >= 0.3 is 12.0 Å². The number of amides is 3. The molecule has 0 aliphatic carbocycles. The van der Waals surface area contributed by atoms with Crippen LogP contribution in [0.25, 0.3) is 0 Å². The molecule has 102 valence electrons. The minimum atomic E-state index is -1.07. The van der Waals surface area contributed by atoms with Crippen molar-refractivity contribution in [3.63, 3.8) is 0 Å². The first kappa shape index (κ1) is 13.1. The van der Waals surface area contributed by atoms with E-state index in [0.717, 1.165) is 5.82 Å². The van der Waals surface area contributed by atoms with Crippen LogP contribution in [0.5, 0.6) is 0 Å². The number of hydrogen-bond donors (Lipinski definition) is 2. The molecule has 0 radical (unpaired) electrons. The third-order valence-electron chi connectivity index (χ3n) is 2.84. The fourth-order valence-electron chi connectivity index (χ4n) is 1.83. The number of hydrogen-bond acceptors (Lipinski definition) is 4. The molecule has 2 heterocycles. The van der Waals surface area contributed by atoms with Crippen molar-refractivity contribution in [1.29, 1.82) is 0 Å². The number of rotatable bonds is 3. The molecule has 1 aromatic heterocycles.